The van der Waals surface area contributed by atoms with E-state index in [1.807, 2.05) is 23.6 Å². The number of nitrogens with zero attached hydrogens (tertiary/aromatic N) is 1. The number of sulfonamides is 1. The number of hydrogen-bond donors (Lipinski definition) is 2. The van der Waals surface area contributed by atoms with E-state index in [-0.39, 0.29) is 4.90 Å². The van der Waals surface area contributed by atoms with Crippen LogP contribution >= 0.6 is 11.3 Å². The molecule has 2 N–H and O–H groups in total. The highest BCUT2D eigenvalue weighted by Gasteiger charge is 2.25. The van der Waals surface area contributed by atoms with Crippen LogP contribution < -0.4 is 24.4 Å². The van der Waals surface area contributed by atoms with E-state index in [4.69, 9.17) is 9.47 Å². The van der Waals surface area contributed by atoms with E-state index in [2.05, 4.69) is 28.8 Å². The summed E-state index contributed by atoms with van der Waals surface area (Å²) in [4.78, 5) is 3.36. The molecule has 3 aromatic rings. The zero-order valence-electron chi connectivity index (χ0n) is 19.2. The standard InChI is InChI=1S/C24H29N3O4S2/c1-16-14-27(15-17(2)25-16)20-13-19(8-9-21(20)30-3)26-33(28,29)24-10-7-18(12-22(24)31-4)23-6-5-11-32-23/h5-13,16-17,25-26H,14-15H2,1-4H3. The Labute approximate surface area is 199 Å². The van der Waals surface area contributed by atoms with Crippen molar-refractivity contribution in [2.75, 3.05) is 36.9 Å². The minimum Gasteiger partial charge on any atom is -0.495 e. The molecule has 1 saturated heterocycles. The third-order valence-electron chi connectivity index (χ3n) is 5.59. The number of rotatable bonds is 7. The van der Waals surface area contributed by atoms with Gasteiger partial charge in [-0.05, 0) is 61.2 Å². The second-order valence-electron chi connectivity index (χ2n) is 8.21. The number of hydrogen-bond acceptors (Lipinski definition) is 7. The molecule has 1 fully saturated rings. The molecule has 33 heavy (non-hydrogen) atoms. The van der Waals surface area contributed by atoms with E-state index in [0.29, 0.717) is 29.3 Å². The largest absolute Gasteiger partial charge is 0.495 e. The lowest BCUT2D eigenvalue weighted by atomic mass is 10.1. The predicted octanol–water partition coefficient (Wildman–Crippen LogP) is 4.42. The number of piperazine rings is 1. The van der Waals surface area contributed by atoms with E-state index in [1.54, 1.807) is 48.8 Å². The summed E-state index contributed by atoms with van der Waals surface area (Å²) < 4.78 is 40.3. The van der Waals surface area contributed by atoms with Crippen LogP contribution in [0.5, 0.6) is 11.5 Å². The van der Waals surface area contributed by atoms with Gasteiger partial charge in [-0.15, -0.1) is 11.3 Å². The number of benzene rings is 2. The maximum atomic E-state index is 13.3. The summed E-state index contributed by atoms with van der Waals surface area (Å²) in [5.41, 5.74) is 2.24. The zero-order chi connectivity index (χ0) is 23.6. The van der Waals surface area contributed by atoms with Crippen LogP contribution in [0.1, 0.15) is 13.8 Å². The van der Waals surface area contributed by atoms with Gasteiger partial charge in [0.15, 0.2) is 0 Å². The van der Waals surface area contributed by atoms with Gasteiger partial charge in [0.05, 0.1) is 25.6 Å². The Morgan fingerprint density at radius 3 is 2.36 bits per heavy atom. The highest BCUT2D eigenvalue weighted by atomic mass is 32.2. The quantitative estimate of drug-likeness (QED) is 0.514. The molecule has 9 heteroatoms. The summed E-state index contributed by atoms with van der Waals surface area (Å²) in [5.74, 6) is 1.00. The fourth-order valence-corrected chi connectivity index (χ4v) is 6.15. The fourth-order valence-electron chi connectivity index (χ4n) is 4.22. The Morgan fingerprint density at radius 1 is 1.00 bits per heavy atom. The van der Waals surface area contributed by atoms with Crippen LogP contribution in [0.2, 0.25) is 0 Å². The maximum Gasteiger partial charge on any atom is 0.265 e. The lowest BCUT2D eigenvalue weighted by Gasteiger charge is -2.38. The fraction of sp³-hybridized carbons (Fsp3) is 0.333. The lowest BCUT2D eigenvalue weighted by molar-refractivity contribution is 0.391. The van der Waals surface area contributed by atoms with Gasteiger partial charge < -0.3 is 19.7 Å². The van der Waals surface area contributed by atoms with E-state index in [9.17, 15) is 8.42 Å². The molecule has 1 aromatic heterocycles. The van der Waals surface area contributed by atoms with Crippen molar-refractivity contribution >= 4 is 32.7 Å². The van der Waals surface area contributed by atoms with Gasteiger partial charge in [-0.1, -0.05) is 12.1 Å². The number of nitrogens with one attached hydrogen (secondary N) is 2. The van der Waals surface area contributed by atoms with Gasteiger partial charge in [0, 0.05) is 30.1 Å². The van der Waals surface area contributed by atoms with Crippen LogP contribution in [0.3, 0.4) is 0 Å². The molecule has 0 bridgehead atoms. The van der Waals surface area contributed by atoms with Crippen LogP contribution in [0.15, 0.2) is 58.8 Å². The summed E-state index contributed by atoms with van der Waals surface area (Å²) in [6.07, 6.45) is 0. The van der Waals surface area contributed by atoms with Crippen molar-refractivity contribution in [1.29, 1.82) is 0 Å². The monoisotopic (exact) mass is 487 g/mol. The van der Waals surface area contributed by atoms with Gasteiger partial charge in [-0.25, -0.2) is 8.42 Å². The van der Waals surface area contributed by atoms with Crippen molar-refractivity contribution in [1.82, 2.24) is 5.32 Å². The molecular weight excluding hydrogens is 458 g/mol. The molecule has 1 aliphatic rings. The first kappa shape index (κ1) is 23.4. The van der Waals surface area contributed by atoms with Gasteiger partial charge in [0.1, 0.15) is 16.4 Å². The smallest absolute Gasteiger partial charge is 0.265 e. The molecule has 2 unspecified atom stereocenters. The van der Waals surface area contributed by atoms with Gasteiger partial charge in [-0.3, -0.25) is 4.72 Å². The van der Waals surface area contributed by atoms with Crippen LogP contribution in [0.25, 0.3) is 10.4 Å². The molecule has 2 heterocycles. The Balaban J connectivity index is 1.64. The Hall–Kier alpha value is -2.75. The van der Waals surface area contributed by atoms with E-state index >= 15 is 0 Å². The van der Waals surface area contributed by atoms with Gasteiger partial charge >= 0.3 is 0 Å². The summed E-state index contributed by atoms with van der Waals surface area (Å²) in [6, 6.07) is 15.0. The molecular formula is C24H29N3O4S2. The zero-order valence-corrected chi connectivity index (χ0v) is 20.8. The average molecular weight is 488 g/mol. The number of ether oxygens (including phenoxy) is 2. The van der Waals surface area contributed by atoms with Crippen LogP contribution in [-0.4, -0.2) is 47.8 Å². The van der Waals surface area contributed by atoms with Crippen molar-refractivity contribution in [3.8, 4) is 21.9 Å². The lowest BCUT2D eigenvalue weighted by Crippen LogP contribution is -2.54. The minimum absolute atomic E-state index is 0.0899. The van der Waals surface area contributed by atoms with Crippen LogP contribution in [-0.2, 0) is 10.0 Å². The maximum absolute atomic E-state index is 13.3. The summed E-state index contributed by atoms with van der Waals surface area (Å²) in [5, 5.41) is 5.49. The predicted molar refractivity (Wildman–Crippen MR) is 134 cm³/mol. The van der Waals surface area contributed by atoms with Gasteiger partial charge in [0.2, 0.25) is 0 Å². The SMILES string of the molecule is COc1ccc(NS(=O)(=O)c2ccc(-c3cccs3)cc2OC)cc1N1CC(C)NC(C)C1. The molecule has 7 nitrogen and oxygen atoms in total. The molecule has 176 valence electrons. The topological polar surface area (TPSA) is 79.9 Å². The molecule has 4 rings (SSSR count). The van der Waals surface area contributed by atoms with Crippen LogP contribution in [0.4, 0.5) is 11.4 Å². The van der Waals surface area contributed by atoms with Crippen molar-refractivity contribution in [3.05, 3.63) is 53.9 Å². The minimum atomic E-state index is -3.87. The average Bonchev–Trinajstić information content (AvgIpc) is 3.32. The molecule has 2 aromatic carbocycles. The number of thiophene rings is 1. The van der Waals surface area contributed by atoms with E-state index < -0.39 is 10.0 Å². The Bertz CT molecular complexity index is 1200. The highest BCUT2D eigenvalue weighted by Crippen LogP contribution is 2.36. The van der Waals surface area contributed by atoms with Crippen LogP contribution in [0, 0.1) is 0 Å². The van der Waals surface area contributed by atoms with Crippen molar-refractivity contribution < 1.29 is 17.9 Å². The van der Waals surface area contributed by atoms with Crippen molar-refractivity contribution in [2.24, 2.45) is 0 Å². The van der Waals surface area contributed by atoms with E-state index in [0.717, 1.165) is 29.2 Å². The Kier molecular flexibility index (Phi) is 6.83. The molecule has 0 aliphatic carbocycles. The van der Waals surface area contributed by atoms with E-state index in [1.165, 1.54) is 7.11 Å². The first-order valence-electron chi connectivity index (χ1n) is 10.7. The molecule has 0 saturated carbocycles. The summed E-state index contributed by atoms with van der Waals surface area (Å²) in [7, 11) is -0.774. The number of anilines is 2. The Morgan fingerprint density at radius 2 is 1.73 bits per heavy atom. The van der Waals surface area contributed by atoms with Gasteiger partial charge in [0.25, 0.3) is 10.0 Å². The van der Waals surface area contributed by atoms with Crippen molar-refractivity contribution in [3.63, 3.8) is 0 Å². The molecule has 0 radical (unpaired) electrons. The summed E-state index contributed by atoms with van der Waals surface area (Å²) in [6.45, 7) is 5.87. The second kappa shape index (κ2) is 9.62. The van der Waals surface area contributed by atoms with Crippen molar-refractivity contribution in [2.45, 2.75) is 30.8 Å². The van der Waals surface area contributed by atoms with Gasteiger partial charge in [-0.2, -0.15) is 0 Å². The third-order valence-corrected chi connectivity index (χ3v) is 7.93. The normalized spacial score (nSPS) is 18.7. The first-order valence-corrected chi connectivity index (χ1v) is 13.1. The molecule has 0 amide bonds. The molecule has 2 atom stereocenters. The molecule has 0 spiro atoms. The number of methoxy groups -OCH3 is 2. The highest BCUT2D eigenvalue weighted by molar-refractivity contribution is 7.92. The second-order valence-corrected chi connectivity index (χ2v) is 10.8. The summed E-state index contributed by atoms with van der Waals surface area (Å²) >= 11 is 1.59. The third kappa shape index (κ3) is 5.10. The first-order chi connectivity index (χ1) is 15.8. The molecule has 1 aliphatic heterocycles.